The summed E-state index contributed by atoms with van der Waals surface area (Å²) in [6, 6.07) is 4.01. The largest absolute Gasteiger partial charge is 0.345 e. The Labute approximate surface area is 127 Å². The molecule has 1 aliphatic rings. The van der Waals surface area contributed by atoms with Crippen molar-refractivity contribution >= 4 is 5.91 Å². The lowest BCUT2D eigenvalue weighted by Gasteiger charge is -2.32. The van der Waals surface area contributed by atoms with Gasteiger partial charge in [0, 0.05) is 65.1 Å². The van der Waals surface area contributed by atoms with Crippen LogP contribution in [0.5, 0.6) is 0 Å². The summed E-state index contributed by atoms with van der Waals surface area (Å²) in [7, 11) is 4.04. The van der Waals surface area contributed by atoms with Crippen LogP contribution in [0.3, 0.4) is 0 Å². The van der Waals surface area contributed by atoms with Crippen LogP contribution in [-0.2, 0) is 11.2 Å². The number of rotatable bonds is 6. The molecule has 1 aromatic rings. The molecule has 0 aliphatic carbocycles. The van der Waals surface area contributed by atoms with Crippen LogP contribution in [0.2, 0.25) is 0 Å². The molecule has 2 rings (SSSR count). The monoisotopic (exact) mass is 290 g/mol. The van der Waals surface area contributed by atoms with Crippen molar-refractivity contribution < 1.29 is 4.79 Å². The summed E-state index contributed by atoms with van der Waals surface area (Å²) < 4.78 is 0. The van der Waals surface area contributed by atoms with E-state index >= 15 is 0 Å². The number of nitrogens with zero attached hydrogens (tertiary/aromatic N) is 4. The van der Waals surface area contributed by atoms with Crippen LogP contribution in [0.15, 0.2) is 24.5 Å². The highest BCUT2D eigenvalue weighted by Gasteiger charge is 2.16. The molecule has 1 aliphatic heterocycles. The molecule has 0 radical (unpaired) electrons. The van der Waals surface area contributed by atoms with Crippen LogP contribution < -0.4 is 0 Å². The minimum Gasteiger partial charge on any atom is -0.345 e. The molecule has 0 atom stereocenters. The zero-order chi connectivity index (χ0) is 15.1. The van der Waals surface area contributed by atoms with Gasteiger partial charge in [-0.05, 0) is 31.2 Å². The van der Waals surface area contributed by atoms with E-state index < -0.39 is 0 Å². The Morgan fingerprint density at radius 3 is 2.57 bits per heavy atom. The van der Waals surface area contributed by atoms with E-state index in [4.69, 9.17) is 0 Å². The molecule has 116 valence electrons. The van der Waals surface area contributed by atoms with E-state index in [1.165, 1.54) is 5.56 Å². The smallest absolute Gasteiger partial charge is 0.223 e. The summed E-state index contributed by atoms with van der Waals surface area (Å²) in [4.78, 5) is 22.7. The van der Waals surface area contributed by atoms with E-state index in [0.29, 0.717) is 6.42 Å². The standard InChI is InChI=1S/C16H26N4O/c1-18-11-13-20(14-12-18)10-6-16(21)19(2)9-5-15-3-7-17-8-4-15/h3-4,7-8H,5-6,9-14H2,1-2H3. The second-order valence-electron chi connectivity index (χ2n) is 5.82. The summed E-state index contributed by atoms with van der Waals surface area (Å²) in [5, 5.41) is 0. The molecule has 0 N–H and O–H groups in total. The minimum absolute atomic E-state index is 0.239. The van der Waals surface area contributed by atoms with Gasteiger partial charge in [-0.15, -0.1) is 0 Å². The third-order valence-electron chi connectivity index (χ3n) is 4.15. The molecule has 1 saturated heterocycles. The van der Waals surface area contributed by atoms with Crippen LogP contribution in [0.4, 0.5) is 0 Å². The van der Waals surface area contributed by atoms with E-state index in [1.54, 1.807) is 12.4 Å². The summed E-state index contributed by atoms with van der Waals surface area (Å²) in [5.74, 6) is 0.239. The highest BCUT2D eigenvalue weighted by Crippen LogP contribution is 2.03. The fraction of sp³-hybridized carbons (Fsp3) is 0.625. The van der Waals surface area contributed by atoms with E-state index in [-0.39, 0.29) is 5.91 Å². The van der Waals surface area contributed by atoms with Gasteiger partial charge in [0.1, 0.15) is 0 Å². The summed E-state index contributed by atoms with van der Waals surface area (Å²) in [6.45, 7) is 6.00. The lowest BCUT2D eigenvalue weighted by molar-refractivity contribution is -0.130. The van der Waals surface area contributed by atoms with Crippen molar-refractivity contribution in [2.45, 2.75) is 12.8 Å². The molecule has 5 nitrogen and oxygen atoms in total. The average molecular weight is 290 g/mol. The molecule has 0 unspecified atom stereocenters. The molecule has 1 fully saturated rings. The Kier molecular flexibility index (Phi) is 6.14. The molecule has 0 spiro atoms. The van der Waals surface area contributed by atoms with Gasteiger partial charge >= 0.3 is 0 Å². The van der Waals surface area contributed by atoms with Gasteiger partial charge in [-0.25, -0.2) is 0 Å². The molecule has 0 aromatic carbocycles. The first-order valence-electron chi connectivity index (χ1n) is 7.69. The molecule has 1 amide bonds. The first kappa shape index (κ1) is 15.9. The van der Waals surface area contributed by atoms with Crippen molar-refractivity contribution in [3.8, 4) is 0 Å². The van der Waals surface area contributed by atoms with Crippen LogP contribution in [0, 0.1) is 0 Å². The van der Waals surface area contributed by atoms with E-state index in [9.17, 15) is 4.79 Å². The van der Waals surface area contributed by atoms with E-state index in [2.05, 4.69) is 21.8 Å². The third kappa shape index (κ3) is 5.44. The Bertz CT molecular complexity index is 429. The number of carbonyl (C=O) groups excluding carboxylic acids is 1. The number of likely N-dealkylation sites (N-methyl/N-ethyl adjacent to an activating group) is 2. The maximum absolute atomic E-state index is 12.1. The van der Waals surface area contributed by atoms with Gasteiger partial charge in [-0.2, -0.15) is 0 Å². The molecule has 5 heteroatoms. The minimum atomic E-state index is 0.239. The van der Waals surface area contributed by atoms with Gasteiger partial charge in [-0.3, -0.25) is 9.78 Å². The zero-order valence-electron chi connectivity index (χ0n) is 13.2. The Balaban J connectivity index is 1.65. The van der Waals surface area contributed by atoms with Crippen molar-refractivity contribution in [3.63, 3.8) is 0 Å². The van der Waals surface area contributed by atoms with Crippen molar-refractivity contribution in [2.24, 2.45) is 0 Å². The second-order valence-corrected chi connectivity index (χ2v) is 5.82. The van der Waals surface area contributed by atoms with Gasteiger partial charge in [0.15, 0.2) is 0 Å². The molecular weight excluding hydrogens is 264 g/mol. The topological polar surface area (TPSA) is 39.7 Å². The first-order valence-corrected chi connectivity index (χ1v) is 7.69. The van der Waals surface area contributed by atoms with E-state index in [1.807, 2.05) is 24.1 Å². The SMILES string of the molecule is CN1CCN(CCC(=O)N(C)CCc2ccncc2)CC1. The quantitative estimate of drug-likeness (QED) is 0.774. The fourth-order valence-corrected chi connectivity index (χ4v) is 2.49. The number of amides is 1. The second kappa shape index (κ2) is 8.10. The fourth-order valence-electron chi connectivity index (χ4n) is 2.49. The molecule has 0 bridgehead atoms. The maximum atomic E-state index is 12.1. The van der Waals surface area contributed by atoms with Gasteiger partial charge in [-0.1, -0.05) is 0 Å². The van der Waals surface area contributed by atoms with Gasteiger partial charge < -0.3 is 14.7 Å². The van der Waals surface area contributed by atoms with Crippen LogP contribution in [0.25, 0.3) is 0 Å². The first-order chi connectivity index (χ1) is 10.1. The number of aromatic nitrogens is 1. The van der Waals surface area contributed by atoms with Crippen LogP contribution in [0.1, 0.15) is 12.0 Å². The third-order valence-corrected chi connectivity index (χ3v) is 4.15. The average Bonchev–Trinajstić information content (AvgIpc) is 2.52. The number of piperazine rings is 1. The molecule has 0 saturated carbocycles. The predicted molar refractivity (Wildman–Crippen MR) is 84.1 cm³/mol. The van der Waals surface area contributed by atoms with Gasteiger partial charge in [0.25, 0.3) is 0 Å². The van der Waals surface area contributed by atoms with E-state index in [0.717, 1.165) is 45.7 Å². The van der Waals surface area contributed by atoms with Gasteiger partial charge in [0.2, 0.25) is 5.91 Å². The number of hydrogen-bond donors (Lipinski definition) is 0. The summed E-state index contributed by atoms with van der Waals surface area (Å²) >= 11 is 0. The van der Waals surface area contributed by atoms with Crippen molar-refractivity contribution in [1.82, 2.24) is 19.7 Å². The number of carbonyl (C=O) groups is 1. The van der Waals surface area contributed by atoms with Crippen molar-refractivity contribution in [1.29, 1.82) is 0 Å². The Hall–Kier alpha value is -1.46. The van der Waals surface area contributed by atoms with Crippen LogP contribution in [-0.4, -0.2) is 79.0 Å². The molecule has 21 heavy (non-hydrogen) atoms. The lowest BCUT2D eigenvalue weighted by Crippen LogP contribution is -2.45. The summed E-state index contributed by atoms with van der Waals surface area (Å²) in [5.41, 5.74) is 1.23. The highest BCUT2D eigenvalue weighted by molar-refractivity contribution is 5.76. The highest BCUT2D eigenvalue weighted by atomic mass is 16.2. The normalized spacial score (nSPS) is 16.9. The summed E-state index contributed by atoms with van der Waals surface area (Å²) in [6.07, 6.45) is 5.10. The predicted octanol–water partition coefficient (Wildman–Crippen LogP) is 0.720. The molecular formula is C16H26N4O. The maximum Gasteiger partial charge on any atom is 0.223 e. The van der Waals surface area contributed by atoms with Gasteiger partial charge in [0.05, 0.1) is 0 Å². The van der Waals surface area contributed by atoms with Crippen molar-refractivity contribution in [2.75, 3.05) is 53.4 Å². The zero-order valence-corrected chi connectivity index (χ0v) is 13.2. The Morgan fingerprint density at radius 2 is 1.90 bits per heavy atom. The molecule has 2 heterocycles. The van der Waals surface area contributed by atoms with Crippen molar-refractivity contribution in [3.05, 3.63) is 30.1 Å². The van der Waals surface area contributed by atoms with Crippen LogP contribution >= 0.6 is 0 Å². The Morgan fingerprint density at radius 1 is 1.24 bits per heavy atom. The number of pyridine rings is 1. The lowest BCUT2D eigenvalue weighted by atomic mass is 10.2. The molecule has 1 aromatic heterocycles. The number of hydrogen-bond acceptors (Lipinski definition) is 4.